The van der Waals surface area contributed by atoms with Crippen LogP contribution in [0.15, 0.2) is 34.2 Å². The van der Waals surface area contributed by atoms with E-state index in [0.29, 0.717) is 11.5 Å². The standard InChI is InChI=1S/C19H17F3N4O2S/c1-10-7-17-25(18(27)12-8-14(28-24-12)15-3-2-6-29-15)13(11-4-5-11)9-16(19(20,21)22)26(17)23-10/h2-3,6-8,11,13,16H,4-5,9H2,1H3/t13-,16-/m1/s1. The van der Waals surface area contributed by atoms with Crippen LogP contribution in [0.3, 0.4) is 0 Å². The number of carbonyl (C=O) groups excluding carboxylic acids is 1. The minimum atomic E-state index is -4.43. The molecule has 29 heavy (non-hydrogen) atoms. The van der Waals surface area contributed by atoms with Gasteiger partial charge in [0.15, 0.2) is 17.5 Å². The molecule has 10 heteroatoms. The number of carbonyl (C=O) groups is 1. The van der Waals surface area contributed by atoms with E-state index in [2.05, 4.69) is 10.3 Å². The number of halogens is 3. The molecule has 1 aliphatic carbocycles. The van der Waals surface area contributed by atoms with Crippen LogP contribution in [0.5, 0.6) is 0 Å². The minimum absolute atomic E-state index is 0.0522. The van der Waals surface area contributed by atoms with Gasteiger partial charge in [-0.05, 0) is 43.6 Å². The van der Waals surface area contributed by atoms with E-state index in [4.69, 9.17) is 4.52 Å². The van der Waals surface area contributed by atoms with Crippen LogP contribution in [0.4, 0.5) is 19.0 Å². The number of hydrogen-bond acceptors (Lipinski definition) is 5. The second-order valence-electron chi connectivity index (χ2n) is 7.52. The first-order chi connectivity index (χ1) is 13.8. The lowest BCUT2D eigenvalue weighted by atomic mass is 9.97. The fourth-order valence-corrected chi connectivity index (χ4v) is 4.63. The van der Waals surface area contributed by atoms with Gasteiger partial charge in [-0.3, -0.25) is 9.69 Å². The Morgan fingerprint density at radius 2 is 2.10 bits per heavy atom. The first-order valence-corrected chi connectivity index (χ1v) is 10.2. The maximum atomic E-state index is 13.7. The summed E-state index contributed by atoms with van der Waals surface area (Å²) in [5.41, 5.74) is 0.512. The Labute approximate surface area is 167 Å². The van der Waals surface area contributed by atoms with Crippen LogP contribution >= 0.6 is 11.3 Å². The first kappa shape index (κ1) is 18.4. The summed E-state index contributed by atoms with van der Waals surface area (Å²) in [7, 11) is 0. The van der Waals surface area contributed by atoms with Crippen molar-refractivity contribution in [3.8, 4) is 10.6 Å². The maximum absolute atomic E-state index is 13.7. The number of hydrogen-bond donors (Lipinski definition) is 0. The molecule has 1 amide bonds. The quantitative estimate of drug-likeness (QED) is 0.606. The molecule has 1 fully saturated rings. The van der Waals surface area contributed by atoms with Crippen LogP contribution in [-0.2, 0) is 0 Å². The second-order valence-corrected chi connectivity index (χ2v) is 8.46. The molecule has 3 aromatic rings. The third-order valence-electron chi connectivity index (χ3n) is 5.43. The SMILES string of the molecule is Cc1cc2n(n1)[C@@H](C(F)(F)F)C[C@H](C1CC1)N2C(=O)c1cc(-c2cccs2)on1. The van der Waals surface area contributed by atoms with Crippen LogP contribution in [0.25, 0.3) is 10.6 Å². The summed E-state index contributed by atoms with van der Waals surface area (Å²) in [6.45, 7) is 1.62. The zero-order valence-corrected chi connectivity index (χ0v) is 16.2. The zero-order chi connectivity index (χ0) is 20.3. The van der Waals surface area contributed by atoms with Crippen molar-refractivity contribution in [1.29, 1.82) is 0 Å². The second kappa shape index (κ2) is 6.45. The van der Waals surface area contributed by atoms with Crippen molar-refractivity contribution in [2.45, 2.75) is 44.4 Å². The lowest BCUT2D eigenvalue weighted by Crippen LogP contribution is -2.50. The van der Waals surface area contributed by atoms with Crippen molar-refractivity contribution < 1.29 is 22.5 Å². The number of anilines is 1. The van der Waals surface area contributed by atoms with Crippen molar-refractivity contribution in [1.82, 2.24) is 14.9 Å². The zero-order valence-electron chi connectivity index (χ0n) is 15.4. The van der Waals surface area contributed by atoms with Crippen molar-refractivity contribution in [2.24, 2.45) is 5.92 Å². The Morgan fingerprint density at radius 3 is 2.76 bits per heavy atom. The molecule has 4 heterocycles. The van der Waals surface area contributed by atoms with Gasteiger partial charge in [-0.1, -0.05) is 11.2 Å². The Balaban J connectivity index is 1.56. The normalized spacial score (nSPS) is 22.0. The van der Waals surface area contributed by atoms with Crippen LogP contribution in [-0.4, -0.2) is 33.1 Å². The number of rotatable bonds is 3. The third kappa shape index (κ3) is 3.15. The molecule has 2 aliphatic rings. The van der Waals surface area contributed by atoms with Gasteiger partial charge in [-0.2, -0.15) is 18.3 Å². The Bertz CT molecular complexity index is 1050. The highest BCUT2D eigenvalue weighted by molar-refractivity contribution is 7.13. The van der Waals surface area contributed by atoms with Crippen LogP contribution in [0.2, 0.25) is 0 Å². The lowest BCUT2D eigenvalue weighted by molar-refractivity contribution is -0.174. The average Bonchev–Trinajstić information content (AvgIpc) is 3.07. The summed E-state index contributed by atoms with van der Waals surface area (Å²) in [6.07, 6.45) is -3.02. The number of alkyl halides is 3. The van der Waals surface area contributed by atoms with Crippen molar-refractivity contribution in [3.05, 3.63) is 41.0 Å². The van der Waals surface area contributed by atoms with E-state index >= 15 is 0 Å². The number of thiophene rings is 1. The number of aromatic nitrogens is 3. The lowest BCUT2D eigenvalue weighted by Gasteiger charge is -2.40. The molecule has 1 saturated carbocycles. The van der Waals surface area contributed by atoms with E-state index in [0.717, 1.165) is 22.4 Å². The van der Waals surface area contributed by atoms with E-state index in [9.17, 15) is 18.0 Å². The molecule has 0 unspecified atom stereocenters. The average molecular weight is 422 g/mol. The largest absolute Gasteiger partial charge is 0.410 e. The molecule has 0 aromatic carbocycles. The van der Waals surface area contributed by atoms with E-state index in [1.807, 2.05) is 17.5 Å². The van der Waals surface area contributed by atoms with Gasteiger partial charge in [0.2, 0.25) is 0 Å². The minimum Gasteiger partial charge on any atom is -0.355 e. The molecule has 0 spiro atoms. The molecule has 2 atom stereocenters. The summed E-state index contributed by atoms with van der Waals surface area (Å²) in [6, 6.07) is 4.50. The molecular weight excluding hydrogens is 405 g/mol. The Kier molecular flexibility index (Phi) is 4.09. The summed E-state index contributed by atoms with van der Waals surface area (Å²) in [5.74, 6) is 0.214. The molecule has 3 aromatic heterocycles. The molecule has 5 rings (SSSR count). The van der Waals surface area contributed by atoms with E-state index in [1.54, 1.807) is 13.0 Å². The summed E-state index contributed by atoms with van der Waals surface area (Å²) in [4.78, 5) is 15.6. The van der Waals surface area contributed by atoms with E-state index in [1.165, 1.54) is 22.3 Å². The third-order valence-corrected chi connectivity index (χ3v) is 6.32. The first-order valence-electron chi connectivity index (χ1n) is 9.30. The maximum Gasteiger partial charge on any atom is 0.410 e. The van der Waals surface area contributed by atoms with Crippen molar-refractivity contribution >= 4 is 23.1 Å². The van der Waals surface area contributed by atoms with Gasteiger partial charge in [-0.25, -0.2) is 4.68 Å². The van der Waals surface area contributed by atoms with Gasteiger partial charge in [0.1, 0.15) is 5.82 Å². The van der Waals surface area contributed by atoms with Crippen LogP contribution in [0.1, 0.15) is 41.5 Å². The van der Waals surface area contributed by atoms with Gasteiger partial charge in [0, 0.05) is 18.2 Å². The van der Waals surface area contributed by atoms with Crippen LogP contribution in [0, 0.1) is 12.8 Å². The highest BCUT2D eigenvalue weighted by atomic mass is 32.1. The Morgan fingerprint density at radius 1 is 1.31 bits per heavy atom. The monoisotopic (exact) mass is 422 g/mol. The number of aryl methyl sites for hydroxylation is 1. The fourth-order valence-electron chi connectivity index (χ4n) is 3.96. The number of nitrogens with zero attached hydrogens (tertiary/aromatic N) is 4. The molecule has 0 radical (unpaired) electrons. The highest BCUT2D eigenvalue weighted by Crippen LogP contribution is 2.48. The molecular formula is C19H17F3N4O2S. The molecule has 1 aliphatic heterocycles. The summed E-state index contributed by atoms with van der Waals surface area (Å²) < 4.78 is 47.4. The predicted molar refractivity (Wildman–Crippen MR) is 99.8 cm³/mol. The van der Waals surface area contributed by atoms with Crippen LogP contribution < -0.4 is 4.90 Å². The molecule has 0 saturated heterocycles. The molecule has 0 bridgehead atoms. The number of fused-ring (bicyclic) bond motifs is 1. The molecule has 152 valence electrons. The summed E-state index contributed by atoms with van der Waals surface area (Å²) >= 11 is 1.45. The highest BCUT2D eigenvalue weighted by Gasteiger charge is 2.53. The van der Waals surface area contributed by atoms with Gasteiger partial charge >= 0.3 is 6.18 Å². The van der Waals surface area contributed by atoms with E-state index < -0.39 is 24.2 Å². The molecule has 6 nitrogen and oxygen atoms in total. The molecule has 0 N–H and O–H groups in total. The topological polar surface area (TPSA) is 64.2 Å². The van der Waals surface area contributed by atoms with Gasteiger partial charge in [0.05, 0.1) is 10.6 Å². The van der Waals surface area contributed by atoms with Gasteiger partial charge < -0.3 is 4.52 Å². The predicted octanol–water partition coefficient (Wildman–Crippen LogP) is 4.84. The van der Waals surface area contributed by atoms with Gasteiger partial charge in [-0.15, -0.1) is 11.3 Å². The fraction of sp³-hybridized carbons (Fsp3) is 0.421. The number of amides is 1. The summed E-state index contributed by atoms with van der Waals surface area (Å²) in [5, 5.41) is 9.82. The van der Waals surface area contributed by atoms with E-state index in [-0.39, 0.29) is 23.9 Å². The van der Waals surface area contributed by atoms with Crippen molar-refractivity contribution in [3.63, 3.8) is 0 Å². The van der Waals surface area contributed by atoms with Gasteiger partial charge in [0.25, 0.3) is 5.91 Å². The van der Waals surface area contributed by atoms with Crippen molar-refractivity contribution in [2.75, 3.05) is 4.90 Å². The Hall–Kier alpha value is -2.62. The smallest absolute Gasteiger partial charge is 0.355 e.